The van der Waals surface area contributed by atoms with Gasteiger partial charge < -0.3 is 15.1 Å². The summed E-state index contributed by atoms with van der Waals surface area (Å²) in [6.07, 6.45) is 3.59. The van der Waals surface area contributed by atoms with Crippen molar-refractivity contribution in [3.8, 4) is 0 Å². The van der Waals surface area contributed by atoms with E-state index in [-0.39, 0.29) is 5.91 Å². The van der Waals surface area contributed by atoms with Crippen LogP contribution < -0.4 is 10.2 Å². The highest BCUT2D eigenvalue weighted by atomic mass is 16.2. The summed E-state index contributed by atoms with van der Waals surface area (Å²) >= 11 is 0. The van der Waals surface area contributed by atoms with Crippen LogP contribution in [-0.4, -0.2) is 59.8 Å². The van der Waals surface area contributed by atoms with Crippen LogP contribution in [0.25, 0.3) is 0 Å². The first-order valence-corrected chi connectivity index (χ1v) is 8.88. The van der Waals surface area contributed by atoms with Crippen LogP contribution in [0, 0.1) is 0 Å². The predicted octanol–water partition coefficient (Wildman–Crippen LogP) is 1.45. The molecule has 1 unspecified atom stereocenters. The van der Waals surface area contributed by atoms with E-state index < -0.39 is 0 Å². The van der Waals surface area contributed by atoms with Crippen molar-refractivity contribution in [3.63, 3.8) is 0 Å². The van der Waals surface area contributed by atoms with Crippen LogP contribution in [0.15, 0.2) is 47.7 Å². The number of carbonyl (C=O) groups excluding carboxylic acids is 1. The van der Waals surface area contributed by atoms with Gasteiger partial charge in [-0.1, -0.05) is 37.3 Å². The Kier molecular flexibility index (Phi) is 5.55. The minimum absolute atomic E-state index is 0.0586. The Balaban J connectivity index is 1.57. The molecule has 138 valence electrons. The second-order valence-electron chi connectivity index (χ2n) is 6.58. The van der Waals surface area contributed by atoms with Crippen molar-refractivity contribution in [2.75, 3.05) is 38.1 Å². The number of piperazine rings is 1. The van der Waals surface area contributed by atoms with E-state index >= 15 is 0 Å². The van der Waals surface area contributed by atoms with Crippen molar-refractivity contribution in [1.29, 1.82) is 0 Å². The molecule has 1 aromatic heterocycles. The van der Waals surface area contributed by atoms with Crippen LogP contribution in [0.4, 0.5) is 5.69 Å². The largest absolute Gasteiger partial charge is 0.356 e. The number of hydrogen-bond acceptors (Lipinski definition) is 3. The average Bonchev–Trinajstić information content (AvgIpc) is 3.09. The zero-order valence-electron chi connectivity index (χ0n) is 15.6. The van der Waals surface area contributed by atoms with Gasteiger partial charge in [0.15, 0.2) is 5.96 Å². The number of carbonyl (C=O) groups is 1. The van der Waals surface area contributed by atoms with Gasteiger partial charge in [-0.25, -0.2) is 0 Å². The molecule has 0 radical (unpaired) electrons. The first-order chi connectivity index (χ1) is 12.6. The van der Waals surface area contributed by atoms with Crippen molar-refractivity contribution < 1.29 is 4.79 Å². The molecule has 1 saturated heterocycles. The molecule has 1 aliphatic heterocycles. The van der Waals surface area contributed by atoms with Gasteiger partial charge in [0, 0.05) is 39.9 Å². The molecule has 0 spiro atoms. The van der Waals surface area contributed by atoms with Gasteiger partial charge in [-0.15, -0.1) is 0 Å². The summed E-state index contributed by atoms with van der Waals surface area (Å²) in [6.45, 7) is 4.63. The minimum atomic E-state index is 0.0586. The third-order valence-corrected chi connectivity index (χ3v) is 4.67. The first-order valence-electron chi connectivity index (χ1n) is 8.88. The molecule has 7 nitrogen and oxygen atoms in total. The number of aryl methyl sites for hydroxylation is 1. The highest BCUT2D eigenvalue weighted by molar-refractivity contribution is 5.98. The molecule has 1 amide bonds. The molecule has 1 N–H and O–H groups in total. The van der Waals surface area contributed by atoms with E-state index in [0.29, 0.717) is 19.0 Å². The molecule has 0 bridgehead atoms. The van der Waals surface area contributed by atoms with Crippen LogP contribution in [-0.2, 0) is 11.8 Å². The van der Waals surface area contributed by atoms with Crippen molar-refractivity contribution in [3.05, 3.63) is 48.3 Å². The molecule has 7 heteroatoms. The molecule has 1 aliphatic rings. The van der Waals surface area contributed by atoms with E-state index in [1.807, 2.05) is 24.2 Å². The normalized spacial score (nSPS) is 16.7. The smallest absolute Gasteiger partial charge is 0.246 e. The van der Waals surface area contributed by atoms with Crippen LogP contribution in [0.1, 0.15) is 18.4 Å². The van der Waals surface area contributed by atoms with E-state index in [2.05, 4.69) is 46.6 Å². The summed E-state index contributed by atoms with van der Waals surface area (Å²) in [5.41, 5.74) is 2.13. The molecular formula is C19H26N6O. The van der Waals surface area contributed by atoms with Gasteiger partial charge in [0.25, 0.3) is 0 Å². The maximum Gasteiger partial charge on any atom is 0.246 e. The van der Waals surface area contributed by atoms with Gasteiger partial charge in [0.2, 0.25) is 5.91 Å². The Morgan fingerprint density at radius 2 is 2.08 bits per heavy atom. The van der Waals surface area contributed by atoms with E-state index in [9.17, 15) is 4.79 Å². The van der Waals surface area contributed by atoms with Gasteiger partial charge in [0.05, 0.1) is 11.9 Å². The quantitative estimate of drug-likeness (QED) is 0.667. The van der Waals surface area contributed by atoms with Gasteiger partial charge in [-0.3, -0.25) is 14.5 Å². The van der Waals surface area contributed by atoms with E-state index in [4.69, 9.17) is 0 Å². The van der Waals surface area contributed by atoms with Gasteiger partial charge in [-0.2, -0.15) is 5.10 Å². The molecule has 0 saturated carbocycles. The summed E-state index contributed by atoms with van der Waals surface area (Å²) in [5.74, 6) is 1.19. The second-order valence-corrected chi connectivity index (χ2v) is 6.58. The van der Waals surface area contributed by atoms with Crippen LogP contribution in [0.5, 0.6) is 0 Å². The fourth-order valence-electron chi connectivity index (χ4n) is 3.15. The lowest BCUT2D eigenvalue weighted by atomic mass is 10.0. The summed E-state index contributed by atoms with van der Waals surface area (Å²) in [5, 5.41) is 7.55. The fraction of sp³-hybridized carbons (Fsp3) is 0.421. The second kappa shape index (κ2) is 8.03. The Hall–Kier alpha value is -2.83. The van der Waals surface area contributed by atoms with Crippen molar-refractivity contribution in [1.82, 2.24) is 20.0 Å². The summed E-state index contributed by atoms with van der Waals surface area (Å²) in [6, 6.07) is 10.4. The zero-order valence-corrected chi connectivity index (χ0v) is 15.6. The lowest BCUT2D eigenvalue weighted by Crippen LogP contribution is -2.55. The molecule has 3 rings (SSSR count). The first kappa shape index (κ1) is 18.0. The molecule has 2 heterocycles. The number of benzene rings is 1. The van der Waals surface area contributed by atoms with Crippen LogP contribution >= 0.6 is 0 Å². The SMILES string of the molecule is CN=C(NCC(C)c1ccccc1)N1CCN(c2cnn(C)c2)C(=O)C1. The molecule has 1 aromatic carbocycles. The lowest BCUT2D eigenvalue weighted by Gasteiger charge is -2.35. The highest BCUT2D eigenvalue weighted by Gasteiger charge is 2.27. The third-order valence-electron chi connectivity index (χ3n) is 4.67. The Morgan fingerprint density at radius 3 is 2.69 bits per heavy atom. The summed E-state index contributed by atoms with van der Waals surface area (Å²) in [4.78, 5) is 20.7. The summed E-state index contributed by atoms with van der Waals surface area (Å²) < 4.78 is 1.71. The fourth-order valence-corrected chi connectivity index (χ4v) is 3.15. The monoisotopic (exact) mass is 354 g/mol. The van der Waals surface area contributed by atoms with Crippen molar-refractivity contribution in [2.24, 2.45) is 12.0 Å². The van der Waals surface area contributed by atoms with Gasteiger partial charge in [-0.05, 0) is 11.5 Å². The number of guanidine groups is 1. The highest BCUT2D eigenvalue weighted by Crippen LogP contribution is 2.17. The Labute approximate surface area is 154 Å². The standard InChI is InChI=1S/C19H26N6O/c1-15(16-7-5-4-6-8-16)11-21-19(20-2)24-9-10-25(18(26)14-24)17-12-22-23(3)13-17/h4-8,12-13,15H,9-11,14H2,1-3H3,(H,20,21). The van der Waals surface area contributed by atoms with Crippen LogP contribution in [0.3, 0.4) is 0 Å². The maximum atomic E-state index is 12.6. The van der Waals surface area contributed by atoms with E-state index in [1.165, 1.54) is 5.56 Å². The molecule has 2 aromatic rings. The predicted molar refractivity (Wildman–Crippen MR) is 103 cm³/mol. The lowest BCUT2D eigenvalue weighted by molar-refractivity contribution is -0.120. The number of hydrogen-bond donors (Lipinski definition) is 1. The Bertz CT molecular complexity index is 769. The number of amides is 1. The molecule has 1 fully saturated rings. The van der Waals surface area contributed by atoms with Crippen molar-refractivity contribution in [2.45, 2.75) is 12.8 Å². The van der Waals surface area contributed by atoms with Gasteiger partial charge in [0.1, 0.15) is 6.54 Å². The van der Waals surface area contributed by atoms with Gasteiger partial charge >= 0.3 is 0 Å². The van der Waals surface area contributed by atoms with E-state index in [1.54, 1.807) is 22.8 Å². The zero-order chi connectivity index (χ0) is 18.5. The van der Waals surface area contributed by atoms with E-state index in [0.717, 1.165) is 24.7 Å². The molecular weight excluding hydrogens is 328 g/mol. The third kappa shape index (κ3) is 4.04. The Morgan fingerprint density at radius 1 is 1.31 bits per heavy atom. The molecule has 0 aliphatic carbocycles. The minimum Gasteiger partial charge on any atom is -0.356 e. The molecule has 26 heavy (non-hydrogen) atoms. The number of aliphatic imine (C=N–C) groups is 1. The topological polar surface area (TPSA) is 65.8 Å². The maximum absolute atomic E-state index is 12.6. The van der Waals surface area contributed by atoms with Crippen LogP contribution in [0.2, 0.25) is 0 Å². The number of aromatic nitrogens is 2. The number of nitrogens with zero attached hydrogens (tertiary/aromatic N) is 5. The molecule has 1 atom stereocenters. The number of anilines is 1. The summed E-state index contributed by atoms with van der Waals surface area (Å²) in [7, 11) is 3.61. The number of nitrogens with one attached hydrogen (secondary N) is 1. The number of rotatable bonds is 4. The average molecular weight is 354 g/mol. The van der Waals surface area contributed by atoms with Crippen molar-refractivity contribution >= 4 is 17.6 Å².